The van der Waals surface area contributed by atoms with E-state index < -0.39 is 0 Å². The third-order valence-electron chi connectivity index (χ3n) is 2.08. The Hall–Kier alpha value is -1.70. The summed E-state index contributed by atoms with van der Waals surface area (Å²) >= 11 is 0. The molecule has 106 valence electrons. The molecule has 0 rings (SSSR count). The second-order valence-electron chi connectivity index (χ2n) is 3.80. The average Bonchev–Trinajstić information content (AvgIpc) is 2.44. The van der Waals surface area contributed by atoms with Crippen LogP contribution < -0.4 is 0 Å². The van der Waals surface area contributed by atoms with Gasteiger partial charge in [-0.2, -0.15) is 0 Å². The van der Waals surface area contributed by atoms with Crippen LogP contribution in [0.25, 0.3) is 0 Å². The Morgan fingerprint density at radius 3 is 1.74 bits per heavy atom. The minimum absolute atomic E-state index is 0.764. The molecule has 19 heavy (non-hydrogen) atoms. The van der Waals surface area contributed by atoms with Crippen molar-refractivity contribution in [3.8, 4) is 0 Å². The summed E-state index contributed by atoms with van der Waals surface area (Å²) in [6.45, 7) is 4.24. The zero-order valence-corrected chi connectivity index (χ0v) is 12.1. The van der Waals surface area contributed by atoms with Crippen LogP contribution in [0.2, 0.25) is 0 Å². The molecule has 0 saturated carbocycles. The third kappa shape index (κ3) is 26.1. The van der Waals surface area contributed by atoms with E-state index in [0.29, 0.717) is 0 Å². The summed E-state index contributed by atoms with van der Waals surface area (Å²) in [7, 11) is 0. The predicted molar refractivity (Wildman–Crippen MR) is 83.1 cm³/mol. The number of rotatable bonds is 9. The molecular formula is C17H26O2. The van der Waals surface area contributed by atoms with Crippen LogP contribution in [0.4, 0.5) is 0 Å². The van der Waals surface area contributed by atoms with E-state index in [-0.39, 0.29) is 0 Å². The minimum Gasteiger partial charge on any atom is -0.299 e. The van der Waals surface area contributed by atoms with Crippen molar-refractivity contribution in [3.63, 3.8) is 0 Å². The van der Waals surface area contributed by atoms with Crippen molar-refractivity contribution in [1.82, 2.24) is 0 Å². The molecule has 0 saturated heterocycles. The average molecular weight is 262 g/mol. The van der Waals surface area contributed by atoms with Crippen LogP contribution in [0.3, 0.4) is 0 Å². The van der Waals surface area contributed by atoms with Gasteiger partial charge in [0.15, 0.2) is 0 Å². The molecule has 0 amide bonds. The molecule has 0 aliphatic carbocycles. The maximum Gasteiger partial charge on any atom is 0.142 e. The maximum atomic E-state index is 9.82. The molecule has 0 aromatic rings. The molecule has 0 aliphatic heterocycles. The van der Waals surface area contributed by atoms with Gasteiger partial charge in [-0.1, -0.05) is 63.1 Å². The van der Waals surface area contributed by atoms with Crippen LogP contribution in [0, 0.1) is 0 Å². The number of unbranched alkanes of at least 4 members (excludes halogenated alkanes) is 3. The zero-order chi connectivity index (χ0) is 14.6. The van der Waals surface area contributed by atoms with Crippen molar-refractivity contribution in [3.05, 3.63) is 48.6 Å². The van der Waals surface area contributed by atoms with E-state index in [0.717, 1.165) is 25.4 Å². The number of carbonyl (C=O) groups is 2. The Morgan fingerprint density at radius 2 is 1.26 bits per heavy atom. The Labute approximate surface area is 117 Å². The second-order valence-corrected chi connectivity index (χ2v) is 3.80. The number of hydrogen-bond acceptors (Lipinski definition) is 2. The first-order valence-corrected chi connectivity index (χ1v) is 6.87. The molecule has 0 N–H and O–H groups in total. The van der Waals surface area contributed by atoms with Gasteiger partial charge in [0.05, 0.1) is 0 Å². The van der Waals surface area contributed by atoms with Crippen molar-refractivity contribution in [2.75, 3.05) is 0 Å². The predicted octanol–water partition coefficient (Wildman–Crippen LogP) is 4.59. The van der Waals surface area contributed by atoms with Crippen molar-refractivity contribution in [2.45, 2.75) is 46.0 Å². The lowest BCUT2D eigenvalue weighted by Crippen LogP contribution is -1.69. The van der Waals surface area contributed by atoms with Gasteiger partial charge >= 0.3 is 0 Å². The lowest BCUT2D eigenvalue weighted by atomic mass is 10.2. The van der Waals surface area contributed by atoms with E-state index in [2.05, 4.69) is 13.0 Å². The molecule has 0 bridgehead atoms. The Kier molecular flexibility index (Phi) is 22.3. The van der Waals surface area contributed by atoms with Gasteiger partial charge in [0.25, 0.3) is 0 Å². The van der Waals surface area contributed by atoms with Crippen LogP contribution in [-0.2, 0) is 9.59 Å². The molecule has 0 heterocycles. The van der Waals surface area contributed by atoms with Gasteiger partial charge in [0.1, 0.15) is 12.6 Å². The molecule has 2 heteroatoms. The first-order valence-electron chi connectivity index (χ1n) is 6.87. The Bertz CT molecular complexity index is 296. The van der Waals surface area contributed by atoms with E-state index >= 15 is 0 Å². The normalized spacial score (nSPS) is 11.3. The van der Waals surface area contributed by atoms with Crippen molar-refractivity contribution in [2.24, 2.45) is 0 Å². The van der Waals surface area contributed by atoms with Crippen LogP contribution >= 0.6 is 0 Å². The van der Waals surface area contributed by atoms with E-state index in [4.69, 9.17) is 0 Å². The maximum absolute atomic E-state index is 9.82. The van der Waals surface area contributed by atoms with Crippen LogP contribution in [-0.4, -0.2) is 12.6 Å². The number of hydrogen-bond donors (Lipinski definition) is 0. The first-order chi connectivity index (χ1) is 9.33. The summed E-state index contributed by atoms with van der Waals surface area (Å²) < 4.78 is 0. The Balaban J connectivity index is 0. The summed E-state index contributed by atoms with van der Waals surface area (Å²) in [6.07, 6.45) is 21.8. The SMILES string of the molecule is CCC=CC=CC=O.CCCCCC=CC=CC=O. The first kappa shape index (κ1) is 19.6. The fourth-order valence-corrected chi connectivity index (χ4v) is 1.12. The van der Waals surface area contributed by atoms with Gasteiger partial charge in [0, 0.05) is 0 Å². The van der Waals surface area contributed by atoms with Gasteiger partial charge in [-0.25, -0.2) is 0 Å². The summed E-state index contributed by atoms with van der Waals surface area (Å²) in [4.78, 5) is 19.5. The second kappa shape index (κ2) is 21.6. The van der Waals surface area contributed by atoms with E-state index in [1.54, 1.807) is 12.2 Å². The topological polar surface area (TPSA) is 34.1 Å². The van der Waals surface area contributed by atoms with E-state index in [1.165, 1.54) is 31.4 Å². The highest BCUT2D eigenvalue weighted by atomic mass is 16.1. The number of allylic oxidation sites excluding steroid dienone is 8. The van der Waals surface area contributed by atoms with Gasteiger partial charge < -0.3 is 0 Å². The summed E-state index contributed by atoms with van der Waals surface area (Å²) in [6, 6.07) is 0. The van der Waals surface area contributed by atoms with Gasteiger partial charge in [-0.05, 0) is 31.4 Å². The van der Waals surface area contributed by atoms with Gasteiger partial charge in [-0.15, -0.1) is 0 Å². The minimum atomic E-state index is 0.764. The molecule has 2 nitrogen and oxygen atoms in total. The van der Waals surface area contributed by atoms with Gasteiger partial charge in [0.2, 0.25) is 0 Å². The highest BCUT2D eigenvalue weighted by Gasteiger charge is 1.79. The molecule has 0 spiro atoms. The highest BCUT2D eigenvalue weighted by Crippen LogP contribution is 1.99. The van der Waals surface area contributed by atoms with Crippen LogP contribution in [0.15, 0.2) is 48.6 Å². The fourth-order valence-electron chi connectivity index (χ4n) is 1.12. The van der Waals surface area contributed by atoms with Crippen molar-refractivity contribution in [1.29, 1.82) is 0 Å². The van der Waals surface area contributed by atoms with Crippen LogP contribution in [0.1, 0.15) is 46.0 Å². The van der Waals surface area contributed by atoms with E-state index in [9.17, 15) is 9.59 Å². The monoisotopic (exact) mass is 262 g/mol. The molecule has 0 aliphatic rings. The third-order valence-corrected chi connectivity index (χ3v) is 2.08. The summed E-state index contributed by atoms with van der Waals surface area (Å²) in [5.74, 6) is 0. The molecule has 0 atom stereocenters. The number of carbonyl (C=O) groups excluding carboxylic acids is 2. The lowest BCUT2D eigenvalue weighted by Gasteiger charge is -1.89. The molecule has 0 aromatic carbocycles. The fraction of sp³-hybridized carbons (Fsp3) is 0.412. The lowest BCUT2D eigenvalue weighted by molar-refractivity contribution is -0.104. The van der Waals surface area contributed by atoms with Gasteiger partial charge in [-0.3, -0.25) is 9.59 Å². The highest BCUT2D eigenvalue weighted by molar-refractivity contribution is 5.65. The molecule has 0 unspecified atom stereocenters. The molecule has 0 fully saturated rings. The van der Waals surface area contributed by atoms with Crippen molar-refractivity contribution < 1.29 is 9.59 Å². The summed E-state index contributed by atoms with van der Waals surface area (Å²) in [5, 5.41) is 0. The molecule has 0 aromatic heterocycles. The molecular weight excluding hydrogens is 236 g/mol. The number of aldehydes is 2. The van der Waals surface area contributed by atoms with Crippen molar-refractivity contribution >= 4 is 12.6 Å². The largest absolute Gasteiger partial charge is 0.299 e. The quantitative estimate of drug-likeness (QED) is 0.264. The summed E-state index contributed by atoms with van der Waals surface area (Å²) in [5.41, 5.74) is 0. The van der Waals surface area contributed by atoms with E-state index in [1.807, 2.05) is 25.2 Å². The smallest absolute Gasteiger partial charge is 0.142 e. The van der Waals surface area contributed by atoms with Crippen LogP contribution in [0.5, 0.6) is 0 Å². The Morgan fingerprint density at radius 1 is 0.684 bits per heavy atom. The standard InChI is InChI=1S/C10H16O.C7H10O/c1-2-3-4-5-6-7-8-9-10-11;1-2-3-4-5-6-7-8/h6-10H,2-5H2,1H3;3-7H,2H2,1H3. The molecule has 0 radical (unpaired) electrons. The zero-order valence-electron chi connectivity index (χ0n) is 12.1.